The van der Waals surface area contributed by atoms with Crippen LogP contribution in [0.15, 0.2) is 6.20 Å². The molecule has 7 heteroatoms. The molecule has 0 aliphatic heterocycles. The summed E-state index contributed by atoms with van der Waals surface area (Å²) in [6, 6.07) is -1.71. The molecule has 0 bridgehead atoms. The molecule has 1 aromatic heterocycles. The molecule has 0 aliphatic rings. The van der Waals surface area contributed by atoms with Crippen LogP contribution in [0.25, 0.3) is 0 Å². The highest BCUT2D eigenvalue weighted by Gasteiger charge is 2.38. The Hall–Kier alpha value is -1.53. The van der Waals surface area contributed by atoms with Gasteiger partial charge in [0, 0.05) is 18.2 Å². The van der Waals surface area contributed by atoms with Gasteiger partial charge in [-0.1, -0.05) is 0 Å². The molecule has 0 N–H and O–H groups in total. The summed E-state index contributed by atoms with van der Waals surface area (Å²) >= 11 is 0. The van der Waals surface area contributed by atoms with Crippen molar-refractivity contribution in [2.75, 3.05) is 0 Å². The summed E-state index contributed by atoms with van der Waals surface area (Å²) < 4.78 is 44.4. The van der Waals surface area contributed by atoms with E-state index in [-0.39, 0.29) is 12.0 Å². The normalized spacial score (nSPS) is 13.6. The van der Waals surface area contributed by atoms with Gasteiger partial charge in [0.15, 0.2) is 0 Å². The molecule has 0 saturated heterocycles. The van der Waals surface area contributed by atoms with Crippen LogP contribution in [0.5, 0.6) is 5.88 Å². The molecule has 1 atom stereocenters. The Bertz CT molecular complexity index is 441. The Morgan fingerprint density at radius 1 is 1.40 bits per heavy atom. The van der Waals surface area contributed by atoms with Gasteiger partial charge in [-0.25, -0.2) is 0 Å². The Labute approximate surface area is 115 Å². The number of hydrogen-bond donors (Lipinski definition) is 0. The molecule has 114 valence electrons. The first-order valence-corrected chi connectivity index (χ1v) is 6.50. The van der Waals surface area contributed by atoms with Gasteiger partial charge < -0.3 is 9.53 Å². The fourth-order valence-electron chi connectivity index (χ4n) is 1.63. The highest BCUT2D eigenvalue weighted by molar-refractivity contribution is 5.49. The van der Waals surface area contributed by atoms with Gasteiger partial charge in [-0.05, 0) is 33.6 Å². The van der Waals surface area contributed by atoms with Crippen molar-refractivity contribution >= 4 is 6.29 Å². The minimum absolute atomic E-state index is 0.177. The number of alkyl halides is 3. The fraction of sp³-hybridized carbons (Fsp3) is 0.692. The molecule has 0 aliphatic carbocycles. The van der Waals surface area contributed by atoms with E-state index in [1.54, 1.807) is 13.8 Å². The van der Waals surface area contributed by atoms with Crippen molar-refractivity contribution < 1.29 is 22.7 Å². The molecular weight excluding hydrogens is 273 g/mol. The Balaban J connectivity index is 2.95. The average Bonchev–Trinajstić information content (AvgIpc) is 2.70. The lowest BCUT2D eigenvalue weighted by atomic mass is 10.1. The maximum atomic E-state index is 12.7. The first-order chi connectivity index (χ1) is 9.25. The minimum atomic E-state index is -4.36. The monoisotopic (exact) mass is 292 g/mol. The van der Waals surface area contributed by atoms with Crippen molar-refractivity contribution in [3.8, 4) is 5.88 Å². The summed E-state index contributed by atoms with van der Waals surface area (Å²) in [5, 5.41) is 3.88. The van der Waals surface area contributed by atoms with Crippen LogP contribution in [0.2, 0.25) is 0 Å². The number of aryl methyl sites for hydroxylation is 1. The van der Waals surface area contributed by atoms with Gasteiger partial charge in [-0.3, -0.25) is 4.68 Å². The summed E-state index contributed by atoms with van der Waals surface area (Å²) in [6.45, 7) is 4.60. The lowest BCUT2D eigenvalue weighted by molar-refractivity contribution is -0.165. The van der Waals surface area contributed by atoms with Gasteiger partial charge in [0.05, 0.1) is 6.10 Å². The average molecular weight is 292 g/mol. The Morgan fingerprint density at radius 3 is 2.55 bits per heavy atom. The van der Waals surface area contributed by atoms with E-state index in [1.807, 2.05) is 0 Å². The van der Waals surface area contributed by atoms with Gasteiger partial charge in [-0.2, -0.15) is 13.2 Å². The van der Waals surface area contributed by atoms with E-state index in [9.17, 15) is 18.0 Å². The summed E-state index contributed by atoms with van der Waals surface area (Å²) in [5.74, 6) is 0.210. The molecule has 0 fully saturated rings. The number of unbranched alkanes of at least 4 members (excludes halogenated alkanes) is 1. The zero-order chi connectivity index (χ0) is 15.3. The predicted molar refractivity (Wildman–Crippen MR) is 67.8 cm³/mol. The number of ether oxygens (including phenoxy) is 1. The fourth-order valence-corrected chi connectivity index (χ4v) is 1.63. The summed E-state index contributed by atoms with van der Waals surface area (Å²) in [5.41, 5.74) is 0.594. The van der Waals surface area contributed by atoms with Crippen molar-refractivity contribution in [1.82, 2.24) is 9.78 Å². The van der Waals surface area contributed by atoms with Crippen LogP contribution >= 0.6 is 0 Å². The van der Waals surface area contributed by atoms with Crippen LogP contribution < -0.4 is 4.74 Å². The largest absolute Gasteiger partial charge is 0.474 e. The number of rotatable bonds is 7. The van der Waals surface area contributed by atoms with Crippen LogP contribution in [0, 0.1) is 0 Å². The molecule has 0 aromatic carbocycles. The van der Waals surface area contributed by atoms with Crippen LogP contribution in [0.1, 0.15) is 45.2 Å². The third-order valence-corrected chi connectivity index (χ3v) is 2.76. The Kier molecular flexibility index (Phi) is 5.59. The minimum Gasteiger partial charge on any atom is -0.474 e. The number of hydrogen-bond acceptors (Lipinski definition) is 3. The molecule has 0 radical (unpaired) electrons. The number of carbonyl (C=O) groups is 1. The molecule has 0 spiro atoms. The molecule has 0 saturated carbocycles. The van der Waals surface area contributed by atoms with Gasteiger partial charge in [-0.15, -0.1) is 5.10 Å². The number of nitrogens with zero attached hydrogens (tertiary/aromatic N) is 2. The quantitative estimate of drug-likeness (QED) is 0.572. The second-order valence-corrected chi connectivity index (χ2v) is 4.88. The van der Waals surface area contributed by atoms with Crippen LogP contribution in [0.4, 0.5) is 13.2 Å². The number of aldehydes is 1. The first-order valence-electron chi connectivity index (χ1n) is 6.50. The number of aromatic nitrogens is 2. The SMILES string of the molecule is CC(C)Oc1nn(C(C)C(F)(F)F)cc1CCCC=O. The van der Waals surface area contributed by atoms with Crippen LogP contribution in [-0.2, 0) is 11.2 Å². The van der Waals surface area contributed by atoms with Crippen molar-refractivity contribution in [3.05, 3.63) is 11.8 Å². The van der Waals surface area contributed by atoms with Gasteiger partial charge >= 0.3 is 6.18 Å². The lowest BCUT2D eigenvalue weighted by Gasteiger charge is -2.15. The van der Waals surface area contributed by atoms with Gasteiger partial charge in [0.1, 0.15) is 12.3 Å². The van der Waals surface area contributed by atoms with Crippen LogP contribution in [0.3, 0.4) is 0 Å². The van der Waals surface area contributed by atoms with Crippen LogP contribution in [-0.4, -0.2) is 28.3 Å². The highest BCUT2D eigenvalue weighted by Crippen LogP contribution is 2.31. The first kappa shape index (κ1) is 16.5. The number of carbonyl (C=O) groups excluding carboxylic acids is 1. The second kappa shape index (κ2) is 6.76. The smallest absolute Gasteiger partial charge is 0.410 e. The van der Waals surface area contributed by atoms with E-state index in [1.165, 1.54) is 6.20 Å². The van der Waals surface area contributed by atoms with E-state index >= 15 is 0 Å². The van der Waals surface area contributed by atoms with Gasteiger partial charge in [0.2, 0.25) is 5.88 Å². The molecule has 0 amide bonds. The zero-order valence-corrected chi connectivity index (χ0v) is 11.8. The molecule has 4 nitrogen and oxygen atoms in total. The van der Waals surface area contributed by atoms with Crippen molar-refractivity contribution in [2.45, 2.75) is 58.4 Å². The van der Waals surface area contributed by atoms with E-state index in [0.29, 0.717) is 24.8 Å². The Morgan fingerprint density at radius 2 is 2.05 bits per heavy atom. The topological polar surface area (TPSA) is 44.1 Å². The van der Waals surface area contributed by atoms with E-state index in [2.05, 4.69) is 5.10 Å². The number of halogens is 3. The maximum Gasteiger partial charge on any atom is 0.410 e. The van der Waals surface area contributed by atoms with Crippen molar-refractivity contribution in [1.29, 1.82) is 0 Å². The molecular formula is C13H19F3N2O2. The molecule has 1 rings (SSSR count). The molecule has 1 aromatic rings. The standard InChI is InChI=1S/C13H19F3N2O2/c1-9(2)20-12-11(6-4-5-7-19)8-18(17-12)10(3)13(14,15)16/h7-10H,4-6H2,1-3H3. The summed E-state index contributed by atoms with van der Waals surface area (Å²) in [7, 11) is 0. The van der Waals surface area contributed by atoms with E-state index in [0.717, 1.165) is 17.9 Å². The zero-order valence-electron chi connectivity index (χ0n) is 11.8. The maximum absolute atomic E-state index is 12.7. The second-order valence-electron chi connectivity index (χ2n) is 4.88. The van der Waals surface area contributed by atoms with E-state index in [4.69, 9.17) is 4.74 Å². The third-order valence-electron chi connectivity index (χ3n) is 2.76. The van der Waals surface area contributed by atoms with Crippen molar-refractivity contribution in [2.24, 2.45) is 0 Å². The van der Waals surface area contributed by atoms with E-state index < -0.39 is 12.2 Å². The summed E-state index contributed by atoms with van der Waals surface area (Å²) in [6.07, 6.45) is -1.02. The predicted octanol–water partition coefficient (Wildman–Crippen LogP) is 3.32. The molecule has 1 heterocycles. The van der Waals surface area contributed by atoms with Crippen molar-refractivity contribution in [3.63, 3.8) is 0 Å². The highest BCUT2D eigenvalue weighted by atomic mass is 19.4. The van der Waals surface area contributed by atoms with Gasteiger partial charge in [0.25, 0.3) is 0 Å². The molecule has 20 heavy (non-hydrogen) atoms. The third kappa shape index (κ3) is 4.54. The summed E-state index contributed by atoms with van der Waals surface area (Å²) in [4.78, 5) is 10.3. The lowest BCUT2D eigenvalue weighted by Crippen LogP contribution is -2.24. The molecule has 1 unspecified atom stereocenters.